The number of aromatic nitrogens is 1. The lowest BCUT2D eigenvalue weighted by molar-refractivity contribution is 0.385. The van der Waals surface area contributed by atoms with Crippen molar-refractivity contribution in [2.45, 2.75) is 44.2 Å². The second-order valence-corrected chi connectivity index (χ2v) is 5.99. The number of hydrogen-bond donors (Lipinski definition) is 0. The smallest absolute Gasteiger partial charge is 0.132 e. The summed E-state index contributed by atoms with van der Waals surface area (Å²) in [5, 5.41) is 0. The number of anilines is 1. The largest absolute Gasteiger partial charge is 0.348 e. The zero-order chi connectivity index (χ0) is 13.4. The summed E-state index contributed by atoms with van der Waals surface area (Å²) < 4.78 is 0. The quantitative estimate of drug-likeness (QED) is 0.811. The molecule has 2 nitrogen and oxygen atoms in total. The third-order valence-corrected chi connectivity index (χ3v) is 4.81. The molecule has 0 saturated heterocycles. The van der Waals surface area contributed by atoms with Crippen LogP contribution in [-0.4, -0.2) is 11.0 Å². The summed E-state index contributed by atoms with van der Waals surface area (Å²) in [5.41, 5.74) is 2.86. The molecule has 1 saturated carbocycles. The van der Waals surface area contributed by atoms with Crippen molar-refractivity contribution in [2.75, 3.05) is 4.90 Å². The van der Waals surface area contributed by atoms with Gasteiger partial charge in [0.05, 0.1) is 0 Å². The second-order valence-electron chi connectivity index (χ2n) is 5.99. The molecule has 1 fully saturated rings. The number of fused-ring (bicyclic) bond motifs is 3. The lowest BCUT2D eigenvalue weighted by atomic mass is 9.83. The van der Waals surface area contributed by atoms with E-state index < -0.39 is 0 Å². The van der Waals surface area contributed by atoms with Gasteiger partial charge in [0, 0.05) is 24.7 Å². The van der Waals surface area contributed by atoms with E-state index in [-0.39, 0.29) is 0 Å². The number of pyridine rings is 1. The molecule has 4 rings (SSSR count). The van der Waals surface area contributed by atoms with Gasteiger partial charge in [0.25, 0.3) is 0 Å². The predicted molar refractivity (Wildman–Crippen MR) is 81.9 cm³/mol. The van der Waals surface area contributed by atoms with E-state index in [1.54, 1.807) is 0 Å². The van der Waals surface area contributed by atoms with Gasteiger partial charge in [-0.05, 0) is 30.0 Å². The first-order valence-electron chi connectivity index (χ1n) is 7.69. The minimum absolute atomic E-state index is 0.661. The van der Waals surface area contributed by atoms with Gasteiger partial charge >= 0.3 is 0 Å². The lowest BCUT2D eigenvalue weighted by Gasteiger charge is -2.33. The van der Waals surface area contributed by atoms with Gasteiger partial charge in [-0.1, -0.05) is 49.2 Å². The van der Waals surface area contributed by atoms with Crippen molar-refractivity contribution in [1.29, 1.82) is 0 Å². The highest BCUT2D eigenvalue weighted by Crippen LogP contribution is 2.47. The van der Waals surface area contributed by atoms with Crippen LogP contribution >= 0.6 is 0 Å². The molecule has 0 radical (unpaired) electrons. The summed E-state index contributed by atoms with van der Waals surface area (Å²) in [7, 11) is 0. The molecule has 1 aromatic heterocycles. The van der Waals surface area contributed by atoms with Gasteiger partial charge in [0.1, 0.15) is 5.82 Å². The Bertz CT molecular complexity index is 593. The van der Waals surface area contributed by atoms with Crippen molar-refractivity contribution in [2.24, 2.45) is 0 Å². The van der Waals surface area contributed by atoms with Crippen LogP contribution in [0.3, 0.4) is 0 Å². The highest BCUT2D eigenvalue weighted by molar-refractivity contribution is 5.57. The summed E-state index contributed by atoms with van der Waals surface area (Å²) in [5.74, 6) is 1.93. The fourth-order valence-electron chi connectivity index (χ4n) is 3.92. The number of rotatable bonds is 2. The highest BCUT2D eigenvalue weighted by Gasteiger charge is 2.40. The van der Waals surface area contributed by atoms with Crippen molar-refractivity contribution < 1.29 is 0 Å². The summed E-state index contributed by atoms with van der Waals surface area (Å²) in [6.45, 7) is 0.992. The normalized spacial score (nSPS) is 24.3. The Balaban J connectivity index is 1.70. The molecule has 2 unspecified atom stereocenters. The van der Waals surface area contributed by atoms with Gasteiger partial charge < -0.3 is 4.90 Å². The molecule has 0 spiro atoms. The van der Waals surface area contributed by atoms with Gasteiger partial charge in [-0.15, -0.1) is 0 Å². The summed E-state index contributed by atoms with van der Waals surface area (Å²) in [6.07, 6.45) is 7.31. The molecule has 0 amide bonds. The van der Waals surface area contributed by atoms with Crippen LogP contribution in [0.4, 0.5) is 5.82 Å². The highest BCUT2D eigenvalue weighted by atomic mass is 15.2. The van der Waals surface area contributed by atoms with Crippen LogP contribution in [0.15, 0.2) is 48.7 Å². The predicted octanol–water partition coefficient (Wildman–Crippen LogP) is 4.13. The molecule has 0 N–H and O–H groups in total. The number of benzene rings is 1. The van der Waals surface area contributed by atoms with Gasteiger partial charge in [-0.25, -0.2) is 4.98 Å². The van der Waals surface area contributed by atoms with Crippen molar-refractivity contribution in [1.82, 2.24) is 4.98 Å². The van der Waals surface area contributed by atoms with Crippen molar-refractivity contribution in [3.05, 3.63) is 59.8 Å². The fourth-order valence-corrected chi connectivity index (χ4v) is 3.92. The minimum Gasteiger partial charge on any atom is -0.348 e. The minimum atomic E-state index is 0.661. The molecule has 2 heterocycles. The SMILES string of the molecule is c1ccc(CN2c3ncccc3C3CCCCC32)cc1. The van der Waals surface area contributed by atoms with Crippen molar-refractivity contribution in [3.63, 3.8) is 0 Å². The first-order valence-corrected chi connectivity index (χ1v) is 7.69. The second kappa shape index (κ2) is 4.93. The van der Waals surface area contributed by atoms with Crippen molar-refractivity contribution in [3.8, 4) is 0 Å². The number of hydrogen-bond acceptors (Lipinski definition) is 2. The van der Waals surface area contributed by atoms with E-state index in [2.05, 4.69) is 52.3 Å². The van der Waals surface area contributed by atoms with E-state index in [0.717, 1.165) is 6.54 Å². The topological polar surface area (TPSA) is 16.1 Å². The van der Waals surface area contributed by atoms with Crippen LogP contribution in [-0.2, 0) is 6.54 Å². The van der Waals surface area contributed by atoms with E-state index in [0.29, 0.717) is 12.0 Å². The fraction of sp³-hybridized carbons (Fsp3) is 0.389. The Morgan fingerprint density at radius 1 is 1.00 bits per heavy atom. The maximum atomic E-state index is 4.69. The third-order valence-electron chi connectivity index (χ3n) is 4.81. The van der Waals surface area contributed by atoms with Crippen LogP contribution in [0.1, 0.15) is 42.7 Å². The molecule has 1 aromatic carbocycles. The van der Waals surface area contributed by atoms with Gasteiger partial charge in [-0.2, -0.15) is 0 Å². The molecule has 2 heteroatoms. The molecule has 102 valence electrons. The van der Waals surface area contributed by atoms with E-state index in [1.165, 1.54) is 42.6 Å². The van der Waals surface area contributed by atoms with Crippen LogP contribution in [0.5, 0.6) is 0 Å². The molecule has 1 aliphatic heterocycles. The Kier molecular flexibility index (Phi) is 2.95. The van der Waals surface area contributed by atoms with Crippen LogP contribution in [0.2, 0.25) is 0 Å². The zero-order valence-electron chi connectivity index (χ0n) is 11.7. The first-order chi connectivity index (χ1) is 9.93. The molecular formula is C18H20N2. The van der Waals surface area contributed by atoms with Gasteiger partial charge in [0.2, 0.25) is 0 Å². The van der Waals surface area contributed by atoms with E-state index in [9.17, 15) is 0 Å². The first kappa shape index (κ1) is 12.0. The monoisotopic (exact) mass is 264 g/mol. The Morgan fingerprint density at radius 3 is 2.75 bits per heavy atom. The third kappa shape index (κ3) is 1.91. The van der Waals surface area contributed by atoms with Crippen LogP contribution < -0.4 is 4.90 Å². The van der Waals surface area contributed by atoms with Crippen LogP contribution in [0.25, 0.3) is 0 Å². The molecule has 20 heavy (non-hydrogen) atoms. The Labute approximate surface area is 120 Å². The van der Waals surface area contributed by atoms with E-state index >= 15 is 0 Å². The lowest BCUT2D eigenvalue weighted by Crippen LogP contribution is -2.35. The average molecular weight is 264 g/mol. The Morgan fingerprint density at radius 2 is 1.85 bits per heavy atom. The summed E-state index contributed by atoms with van der Waals surface area (Å²) >= 11 is 0. The summed E-state index contributed by atoms with van der Waals surface area (Å²) in [4.78, 5) is 7.24. The molecule has 2 aliphatic rings. The van der Waals surface area contributed by atoms with Crippen LogP contribution in [0, 0.1) is 0 Å². The molecule has 1 aliphatic carbocycles. The average Bonchev–Trinajstić information content (AvgIpc) is 2.84. The molecular weight excluding hydrogens is 244 g/mol. The van der Waals surface area contributed by atoms with E-state index in [4.69, 9.17) is 0 Å². The summed E-state index contributed by atoms with van der Waals surface area (Å²) in [6, 6.07) is 15.8. The molecule has 2 atom stereocenters. The standard InChI is InChI=1S/C18H20N2/c1-2-7-14(8-3-1)13-20-17-11-5-4-9-15(17)16-10-6-12-19-18(16)20/h1-3,6-8,10,12,15,17H,4-5,9,11,13H2. The maximum absolute atomic E-state index is 4.69. The zero-order valence-corrected chi connectivity index (χ0v) is 11.7. The molecule has 0 bridgehead atoms. The Hall–Kier alpha value is -1.83. The van der Waals surface area contributed by atoms with Crippen molar-refractivity contribution >= 4 is 5.82 Å². The van der Waals surface area contributed by atoms with E-state index in [1.807, 2.05) is 6.20 Å². The van der Waals surface area contributed by atoms with Gasteiger partial charge in [-0.3, -0.25) is 0 Å². The maximum Gasteiger partial charge on any atom is 0.132 e. The van der Waals surface area contributed by atoms with Gasteiger partial charge in [0.15, 0.2) is 0 Å². The number of nitrogens with zero attached hydrogens (tertiary/aromatic N) is 2. The molecule has 2 aromatic rings.